The fourth-order valence-corrected chi connectivity index (χ4v) is 0.989. The minimum Gasteiger partial charge on any atom is -0.302 e. The van der Waals surface area contributed by atoms with Gasteiger partial charge in [-0.3, -0.25) is 0 Å². The maximum Gasteiger partial charge on any atom is 0.181 e. The van der Waals surface area contributed by atoms with Gasteiger partial charge in [0, 0.05) is 4.91 Å². The molecular formula is C5H8O2S. The first-order chi connectivity index (χ1) is 3.72. The monoisotopic (exact) mass is 132 g/mol. The third-order valence-corrected chi connectivity index (χ3v) is 2.07. The van der Waals surface area contributed by atoms with Crippen LogP contribution >= 0.6 is 0 Å². The van der Waals surface area contributed by atoms with E-state index in [0.717, 1.165) is 18.4 Å². The smallest absolute Gasteiger partial charge is 0.181 e. The standard InChI is InChI=1S/C5H8O2S/c1-4(8(6)7)5-2-3-5/h2-3H2,1H3,(H,6,7). The van der Waals surface area contributed by atoms with Crippen molar-refractivity contribution in [3.05, 3.63) is 10.5 Å². The zero-order valence-corrected chi connectivity index (χ0v) is 5.49. The van der Waals surface area contributed by atoms with Gasteiger partial charge in [0.2, 0.25) is 0 Å². The third-order valence-electron chi connectivity index (χ3n) is 1.26. The molecule has 0 heterocycles. The Labute approximate surface area is 50.9 Å². The van der Waals surface area contributed by atoms with Gasteiger partial charge in [0.1, 0.15) is 0 Å². The number of hydrogen-bond donors (Lipinski definition) is 1. The van der Waals surface area contributed by atoms with Crippen LogP contribution in [0.1, 0.15) is 19.8 Å². The predicted molar refractivity (Wildman–Crippen MR) is 32.7 cm³/mol. The Bertz CT molecular complexity index is 154. The highest BCUT2D eigenvalue weighted by Gasteiger charge is 2.17. The molecule has 46 valence electrons. The van der Waals surface area contributed by atoms with Crippen molar-refractivity contribution in [2.45, 2.75) is 19.8 Å². The topological polar surface area (TPSA) is 37.3 Å². The van der Waals surface area contributed by atoms with Crippen molar-refractivity contribution >= 4 is 11.1 Å². The van der Waals surface area contributed by atoms with Gasteiger partial charge in [-0.1, -0.05) is 5.57 Å². The van der Waals surface area contributed by atoms with Crippen LogP contribution in [0.5, 0.6) is 0 Å². The van der Waals surface area contributed by atoms with Crippen molar-refractivity contribution < 1.29 is 8.76 Å². The van der Waals surface area contributed by atoms with Crippen LogP contribution in [-0.4, -0.2) is 8.76 Å². The maximum absolute atomic E-state index is 10.2. The number of allylic oxidation sites excluding steroid dienone is 2. The average molecular weight is 132 g/mol. The van der Waals surface area contributed by atoms with Crippen molar-refractivity contribution in [3.8, 4) is 0 Å². The fourth-order valence-electron chi connectivity index (χ4n) is 0.538. The molecule has 0 radical (unpaired) electrons. The second-order valence-electron chi connectivity index (χ2n) is 1.91. The zero-order valence-electron chi connectivity index (χ0n) is 4.68. The summed E-state index contributed by atoms with van der Waals surface area (Å²) >= 11 is -1.70. The minimum absolute atomic E-state index is 0.657. The molecule has 1 rings (SSSR count). The summed E-state index contributed by atoms with van der Waals surface area (Å²) in [7, 11) is 0. The third kappa shape index (κ3) is 1.17. The Hall–Kier alpha value is -0.150. The molecule has 1 atom stereocenters. The van der Waals surface area contributed by atoms with Gasteiger partial charge in [-0.05, 0) is 19.8 Å². The SMILES string of the molecule is CC(=C1CC1)S(=O)O. The van der Waals surface area contributed by atoms with Gasteiger partial charge in [-0.2, -0.15) is 0 Å². The number of rotatable bonds is 1. The lowest BCUT2D eigenvalue weighted by atomic mass is 10.5. The Morgan fingerprint density at radius 2 is 2.25 bits per heavy atom. The van der Waals surface area contributed by atoms with Crippen molar-refractivity contribution in [2.24, 2.45) is 0 Å². The summed E-state index contributed by atoms with van der Waals surface area (Å²) in [5.74, 6) is 0. The van der Waals surface area contributed by atoms with E-state index >= 15 is 0 Å². The Balaban J connectivity index is 2.70. The summed E-state index contributed by atoms with van der Waals surface area (Å²) in [4.78, 5) is 0.657. The van der Waals surface area contributed by atoms with Crippen molar-refractivity contribution in [3.63, 3.8) is 0 Å². The van der Waals surface area contributed by atoms with Crippen molar-refractivity contribution in [1.82, 2.24) is 0 Å². The maximum atomic E-state index is 10.2. The highest BCUT2D eigenvalue weighted by Crippen LogP contribution is 2.31. The van der Waals surface area contributed by atoms with E-state index in [9.17, 15) is 4.21 Å². The molecule has 1 unspecified atom stereocenters. The average Bonchev–Trinajstić information content (AvgIpc) is 2.43. The summed E-state index contributed by atoms with van der Waals surface area (Å²) in [5, 5.41) is 0. The molecule has 3 heteroatoms. The first-order valence-corrected chi connectivity index (χ1v) is 3.62. The summed E-state index contributed by atoms with van der Waals surface area (Å²) in [6.07, 6.45) is 2.05. The highest BCUT2D eigenvalue weighted by molar-refractivity contribution is 7.83. The second-order valence-corrected chi connectivity index (χ2v) is 3.02. The van der Waals surface area contributed by atoms with E-state index in [4.69, 9.17) is 4.55 Å². The van der Waals surface area contributed by atoms with Gasteiger partial charge in [0.15, 0.2) is 11.1 Å². The van der Waals surface area contributed by atoms with Gasteiger partial charge in [-0.15, -0.1) is 0 Å². The fraction of sp³-hybridized carbons (Fsp3) is 0.600. The molecule has 0 aromatic carbocycles. The molecule has 0 saturated heterocycles. The van der Waals surface area contributed by atoms with Crippen molar-refractivity contribution in [2.75, 3.05) is 0 Å². The Kier molecular flexibility index (Phi) is 1.49. The normalized spacial score (nSPS) is 20.5. The van der Waals surface area contributed by atoms with E-state index in [0.29, 0.717) is 4.91 Å². The molecule has 1 aliphatic rings. The van der Waals surface area contributed by atoms with Gasteiger partial charge in [0.25, 0.3) is 0 Å². The van der Waals surface area contributed by atoms with E-state index in [-0.39, 0.29) is 0 Å². The molecule has 0 aromatic rings. The lowest BCUT2D eigenvalue weighted by Crippen LogP contribution is -1.85. The van der Waals surface area contributed by atoms with E-state index in [1.165, 1.54) is 0 Å². The van der Waals surface area contributed by atoms with Gasteiger partial charge < -0.3 is 4.55 Å². The Morgan fingerprint density at radius 1 is 1.75 bits per heavy atom. The molecule has 0 bridgehead atoms. The summed E-state index contributed by atoms with van der Waals surface area (Å²) < 4.78 is 18.7. The van der Waals surface area contributed by atoms with Crippen LogP contribution in [0.3, 0.4) is 0 Å². The van der Waals surface area contributed by atoms with Crippen LogP contribution in [0.4, 0.5) is 0 Å². The molecule has 0 aliphatic heterocycles. The summed E-state index contributed by atoms with van der Waals surface area (Å²) in [6, 6.07) is 0. The lowest BCUT2D eigenvalue weighted by Gasteiger charge is -1.86. The molecule has 2 nitrogen and oxygen atoms in total. The van der Waals surface area contributed by atoms with Crippen LogP contribution in [0.15, 0.2) is 10.5 Å². The largest absolute Gasteiger partial charge is 0.302 e. The molecule has 0 amide bonds. The van der Waals surface area contributed by atoms with Gasteiger partial charge >= 0.3 is 0 Å². The van der Waals surface area contributed by atoms with E-state index in [1.54, 1.807) is 6.92 Å². The van der Waals surface area contributed by atoms with Gasteiger partial charge in [-0.25, -0.2) is 4.21 Å². The summed E-state index contributed by atoms with van der Waals surface area (Å²) in [5.41, 5.74) is 1.16. The zero-order chi connectivity index (χ0) is 6.15. The molecule has 8 heavy (non-hydrogen) atoms. The molecule has 0 aromatic heterocycles. The Morgan fingerprint density at radius 3 is 2.38 bits per heavy atom. The minimum atomic E-state index is -1.70. The van der Waals surface area contributed by atoms with Crippen LogP contribution in [-0.2, 0) is 11.1 Å². The van der Waals surface area contributed by atoms with Crippen LogP contribution in [0.25, 0.3) is 0 Å². The molecule has 0 spiro atoms. The molecular weight excluding hydrogens is 124 g/mol. The van der Waals surface area contributed by atoms with Crippen molar-refractivity contribution in [1.29, 1.82) is 0 Å². The first kappa shape index (κ1) is 5.98. The van der Waals surface area contributed by atoms with Gasteiger partial charge in [0.05, 0.1) is 0 Å². The van der Waals surface area contributed by atoms with E-state index < -0.39 is 11.1 Å². The summed E-state index contributed by atoms with van der Waals surface area (Å²) in [6.45, 7) is 1.71. The molecule has 1 fully saturated rings. The molecule has 1 aliphatic carbocycles. The molecule has 1 saturated carbocycles. The quantitative estimate of drug-likeness (QED) is 0.545. The van der Waals surface area contributed by atoms with E-state index in [1.807, 2.05) is 0 Å². The lowest BCUT2D eigenvalue weighted by molar-refractivity contribution is 0.571. The van der Waals surface area contributed by atoms with Crippen LogP contribution in [0, 0.1) is 0 Å². The van der Waals surface area contributed by atoms with Crippen LogP contribution < -0.4 is 0 Å². The number of hydrogen-bond acceptors (Lipinski definition) is 1. The van der Waals surface area contributed by atoms with E-state index in [2.05, 4.69) is 0 Å². The predicted octanol–water partition coefficient (Wildman–Crippen LogP) is 1.28. The molecule has 1 N–H and O–H groups in total. The second kappa shape index (κ2) is 1.99. The van der Waals surface area contributed by atoms with Crippen LogP contribution in [0.2, 0.25) is 0 Å². The highest BCUT2D eigenvalue weighted by atomic mass is 32.2. The first-order valence-electron chi connectivity index (χ1n) is 2.51.